The summed E-state index contributed by atoms with van der Waals surface area (Å²) in [5, 5.41) is 11.0. The lowest BCUT2D eigenvalue weighted by molar-refractivity contribution is 0.0472. The zero-order chi connectivity index (χ0) is 20.2. The van der Waals surface area contributed by atoms with Gasteiger partial charge in [0, 0.05) is 11.1 Å². The smallest absolute Gasteiger partial charge is 0.338 e. The van der Waals surface area contributed by atoms with Crippen molar-refractivity contribution in [2.24, 2.45) is 0 Å². The molecule has 0 amide bonds. The number of carbonyl (C=O) groups is 1. The average molecular weight is 369 g/mol. The number of aromatic hydroxyl groups is 1. The van der Waals surface area contributed by atoms with Gasteiger partial charge in [0.1, 0.15) is 12.4 Å². The van der Waals surface area contributed by atoms with Gasteiger partial charge in [0.2, 0.25) is 0 Å². The molecule has 0 bridgehead atoms. The van der Waals surface area contributed by atoms with Crippen molar-refractivity contribution >= 4 is 5.97 Å². The molecule has 146 valence electrons. The zero-order valence-corrected chi connectivity index (χ0v) is 17.4. The van der Waals surface area contributed by atoms with Crippen molar-refractivity contribution < 1.29 is 14.6 Å². The molecule has 0 aliphatic rings. The first-order valence-electron chi connectivity index (χ1n) is 9.71. The number of carbonyl (C=O) groups excluding carboxylic acids is 1. The van der Waals surface area contributed by atoms with E-state index in [9.17, 15) is 9.90 Å². The summed E-state index contributed by atoms with van der Waals surface area (Å²) in [4.78, 5) is 12.8. The number of hydrogen-bond donors (Lipinski definition) is 1. The molecule has 0 saturated heterocycles. The fraction of sp³-hybridized carbons (Fsp3) is 0.458. The van der Waals surface area contributed by atoms with Gasteiger partial charge in [-0.25, -0.2) is 4.79 Å². The van der Waals surface area contributed by atoms with Crippen molar-refractivity contribution in [2.75, 3.05) is 0 Å². The Morgan fingerprint density at radius 1 is 0.926 bits per heavy atom. The lowest BCUT2D eigenvalue weighted by atomic mass is 9.75. The summed E-state index contributed by atoms with van der Waals surface area (Å²) in [6.45, 7) is 12.8. The van der Waals surface area contributed by atoms with Crippen LogP contribution in [-0.2, 0) is 22.2 Å². The Hall–Kier alpha value is -2.29. The highest BCUT2D eigenvalue weighted by molar-refractivity contribution is 5.90. The Bertz CT molecular complexity index is 752. The van der Waals surface area contributed by atoms with E-state index in [0.717, 1.165) is 29.5 Å². The number of benzene rings is 2. The first kappa shape index (κ1) is 21.0. The average Bonchev–Trinajstić information content (AvgIpc) is 2.66. The molecule has 0 radical (unpaired) electrons. The summed E-state index contributed by atoms with van der Waals surface area (Å²) >= 11 is 0. The van der Waals surface area contributed by atoms with E-state index in [-0.39, 0.29) is 23.4 Å². The van der Waals surface area contributed by atoms with E-state index in [0.29, 0.717) is 11.3 Å². The van der Waals surface area contributed by atoms with Gasteiger partial charge in [-0.2, -0.15) is 0 Å². The summed E-state index contributed by atoms with van der Waals surface area (Å²) in [6, 6.07) is 13.2. The van der Waals surface area contributed by atoms with Gasteiger partial charge in [-0.05, 0) is 41.4 Å². The van der Waals surface area contributed by atoms with Gasteiger partial charge < -0.3 is 9.84 Å². The SMILES string of the molecule is CCC(C)(C)c1cc(C(=O)OCc2ccccc2)cc(C(C)(C)CC)c1O. The molecule has 27 heavy (non-hydrogen) atoms. The molecule has 0 aliphatic heterocycles. The second kappa shape index (κ2) is 8.16. The summed E-state index contributed by atoms with van der Waals surface area (Å²) < 4.78 is 5.54. The predicted octanol–water partition coefficient (Wildman–Crippen LogP) is 6.12. The minimum Gasteiger partial charge on any atom is -0.507 e. The van der Waals surface area contributed by atoms with Crippen molar-refractivity contribution in [1.82, 2.24) is 0 Å². The molecule has 0 fully saturated rings. The maximum atomic E-state index is 12.8. The van der Waals surface area contributed by atoms with Crippen LogP contribution in [-0.4, -0.2) is 11.1 Å². The largest absolute Gasteiger partial charge is 0.507 e. The van der Waals surface area contributed by atoms with E-state index in [4.69, 9.17) is 4.74 Å². The monoisotopic (exact) mass is 368 g/mol. The lowest BCUT2D eigenvalue weighted by Crippen LogP contribution is -2.22. The number of ether oxygens (including phenoxy) is 1. The summed E-state index contributed by atoms with van der Waals surface area (Å²) in [5.74, 6) is -0.0616. The van der Waals surface area contributed by atoms with Gasteiger partial charge in [-0.1, -0.05) is 71.9 Å². The molecule has 0 spiro atoms. The fourth-order valence-corrected chi connectivity index (χ4v) is 2.97. The number of rotatable bonds is 7. The van der Waals surface area contributed by atoms with Crippen molar-refractivity contribution in [3.05, 3.63) is 64.7 Å². The number of phenols is 1. The first-order chi connectivity index (χ1) is 12.6. The van der Waals surface area contributed by atoms with Crippen LogP contribution < -0.4 is 0 Å². The zero-order valence-electron chi connectivity index (χ0n) is 17.4. The molecule has 0 unspecified atom stereocenters. The van der Waals surface area contributed by atoms with Crippen molar-refractivity contribution in [1.29, 1.82) is 0 Å². The fourth-order valence-electron chi connectivity index (χ4n) is 2.97. The van der Waals surface area contributed by atoms with E-state index in [2.05, 4.69) is 41.5 Å². The van der Waals surface area contributed by atoms with E-state index < -0.39 is 0 Å². The summed E-state index contributed by atoms with van der Waals surface area (Å²) in [7, 11) is 0. The van der Waals surface area contributed by atoms with Gasteiger partial charge in [0.25, 0.3) is 0 Å². The van der Waals surface area contributed by atoms with Gasteiger partial charge in [-0.3, -0.25) is 0 Å². The molecular weight excluding hydrogens is 336 g/mol. The molecule has 0 aliphatic carbocycles. The Morgan fingerprint density at radius 3 is 1.85 bits per heavy atom. The molecule has 0 saturated carbocycles. The second-order valence-corrected chi connectivity index (χ2v) is 8.46. The highest BCUT2D eigenvalue weighted by Crippen LogP contribution is 2.42. The molecule has 2 aromatic carbocycles. The first-order valence-corrected chi connectivity index (χ1v) is 9.71. The van der Waals surface area contributed by atoms with Crippen LogP contribution in [0.3, 0.4) is 0 Å². The third-order valence-electron chi connectivity index (χ3n) is 5.78. The summed E-state index contributed by atoms with van der Waals surface area (Å²) in [6.07, 6.45) is 1.71. The molecule has 0 heterocycles. The Balaban J connectivity index is 2.44. The normalized spacial score (nSPS) is 12.1. The van der Waals surface area contributed by atoms with E-state index in [1.165, 1.54) is 0 Å². The predicted molar refractivity (Wildman–Crippen MR) is 110 cm³/mol. The quantitative estimate of drug-likeness (QED) is 0.598. The number of hydrogen-bond acceptors (Lipinski definition) is 3. The minimum absolute atomic E-state index is 0.236. The third-order valence-corrected chi connectivity index (χ3v) is 5.78. The van der Waals surface area contributed by atoms with Gasteiger partial charge in [0.05, 0.1) is 5.56 Å². The Kier molecular flexibility index (Phi) is 6.35. The molecule has 3 nitrogen and oxygen atoms in total. The molecule has 0 aromatic heterocycles. The molecule has 1 N–H and O–H groups in total. The van der Waals surface area contributed by atoms with E-state index in [1.807, 2.05) is 30.3 Å². The molecule has 3 heteroatoms. The van der Waals surface area contributed by atoms with E-state index in [1.54, 1.807) is 12.1 Å². The Labute approximate surface area is 163 Å². The van der Waals surface area contributed by atoms with Crippen molar-refractivity contribution in [3.63, 3.8) is 0 Å². The summed E-state index contributed by atoms with van der Waals surface area (Å²) in [5.41, 5.74) is 2.58. The van der Waals surface area contributed by atoms with Crippen LogP contribution >= 0.6 is 0 Å². The highest BCUT2D eigenvalue weighted by atomic mass is 16.5. The maximum absolute atomic E-state index is 12.8. The van der Waals surface area contributed by atoms with Gasteiger partial charge in [0.15, 0.2) is 0 Å². The third kappa shape index (κ3) is 4.71. The van der Waals surface area contributed by atoms with Gasteiger partial charge >= 0.3 is 5.97 Å². The maximum Gasteiger partial charge on any atom is 0.338 e. The standard InChI is InChI=1S/C24H32O3/c1-7-23(3,4)19-14-18(15-20(21(19)25)24(5,6)8-2)22(26)27-16-17-12-10-9-11-13-17/h9-15,25H,7-8,16H2,1-6H3. The lowest BCUT2D eigenvalue weighted by Gasteiger charge is -2.31. The number of phenolic OH excluding ortho intramolecular Hbond substituents is 1. The Morgan fingerprint density at radius 2 is 1.41 bits per heavy atom. The molecular formula is C24H32O3. The second-order valence-electron chi connectivity index (χ2n) is 8.46. The van der Waals surface area contributed by atoms with Crippen LogP contribution in [0.2, 0.25) is 0 Å². The van der Waals surface area contributed by atoms with Crippen LogP contribution in [0.15, 0.2) is 42.5 Å². The molecule has 2 rings (SSSR count). The minimum atomic E-state index is -0.361. The topological polar surface area (TPSA) is 46.5 Å². The molecule has 0 atom stereocenters. The highest BCUT2D eigenvalue weighted by Gasteiger charge is 2.31. The van der Waals surface area contributed by atoms with Gasteiger partial charge in [-0.15, -0.1) is 0 Å². The van der Waals surface area contributed by atoms with Crippen LogP contribution in [0.1, 0.15) is 81.4 Å². The van der Waals surface area contributed by atoms with Crippen molar-refractivity contribution in [2.45, 2.75) is 71.8 Å². The van der Waals surface area contributed by atoms with Crippen LogP contribution in [0.4, 0.5) is 0 Å². The molecule has 2 aromatic rings. The van der Waals surface area contributed by atoms with Crippen LogP contribution in [0.25, 0.3) is 0 Å². The van der Waals surface area contributed by atoms with Crippen LogP contribution in [0.5, 0.6) is 5.75 Å². The van der Waals surface area contributed by atoms with E-state index >= 15 is 0 Å². The van der Waals surface area contributed by atoms with Crippen molar-refractivity contribution in [3.8, 4) is 5.75 Å². The number of esters is 1. The van der Waals surface area contributed by atoms with Crippen LogP contribution in [0, 0.1) is 0 Å².